The number of carbonyl (C=O) groups is 1. The molecule has 2 atom stereocenters. The van der Waals surface area contributed by atoms with Crippen LogP contribution in [0.5, 0.6) is 0 Å². The van der Waals surface area contributed by atoms with Crippen molar-refractivity contribution in [3.8, 4) is 0 Å². The minimum Gasteiger partial charge on any atom is -0.395 e. The molecule has 3 rings (SSSR count). The lowest BCUT2D eigenvalue weighted by molar-refractivity contribution is -0.402. The molecule has 0 radical (unpaired) electrons. The van der Waals surface area contributed by atoms with Crippen molar-refractivity contribution in [2.24, 2.45) is 11.7 Å². The zero-order chi connectivity index (χ0) is 16.4. The molecular weight excluding hydrogens is 334 g/mol. The smallest absolute Gasteiger partial charge is 0.395 e. The van der Waals surface area contributed by atoms with Crippen LogP contribution in [0.25, 0.3) is 0 Å². The molecule has 0 spiro atoms. The van der Waals surface area contributed by atoms with Gasteiger partial charge in [0.15, 0.2) is 5.76 Å². The number of amides is 1. The maximum absolute atomic E-state index is 12.5. The molecule has 7 nitrogen and oxygen atoms in total. The van der Waals surface area contributed by atoms with Gasteiger partial charge in [0.1, 0.15) is 4.92 Å². The van der Waals surface area contributed by atoms with Crippen LogP contribution in [0.3, 0.4) is 0 Å². The fourth-order valence-electron chi connectivity index (χ4n) is 3.05. The first kappa shape index (κ1) is 18.0. The number of likely N-dealkylation sites (tertiary alicyclic amines) is 1. The normalized spacial score (nSPS) is 19.8. The van der Waals surface area contributed by atoms with E-state index in [9.17, 15) is 14.9 Å². The van der Waals surface area contributed by atoms with E-state index in [0.717, 1.165) is 5.56 Å². The van der Waals surface area contributed by atoms with Crippen molar-refractivity contribution in [3.63, 3.8) is 0 Å². The Bertz CT molecular complexity index is 719. The monoisotopic (exact) mass is 351 g/mol. The van der Waals surface area contributed by atoms with Gasteiger partial charge in [-0.2, -0.15) is 0 Å². The number of furan rings is 1. The molecule has 2 N–H and O–H groups in total. The lowest BCUT2D eigenvalue weighted by atomic mass is 9.89. The average molecular weight is 352 g/mol. The lowest BCUT2D eigenvalue weighted by Gasteiger charge is -2.16. The van der Waals surface area contributed by atoms with Crippen molar-refractivity contribution in [1.29, 1.82) is 0 Å². The molecule has 1 aromatic carbocycles. The van der Waals surface area contributed by atoms with Gasteiger partial charge in [0.2, 0.25) is 0 Å². The summed E-state index contributed by atoms with van der Waals surface area (Å²) >= 11 is 0. The summed E-state index contributed by atoms with van der Waals surface area (Å²) in [7, 11) is 0. The first-order valence-corrected chi connectivity index (χ1v) is 7.38. The third-order valence-corrected chi connectivity index (χ3v) is 4.24. The molecule has 0 aliphatic carbocycles. The third-order valence-electron chi connectivity index (χ3n) is 4.24. The van der Waals surface area contributed by atoms with Crippen molar-refractivity contribution in [2.75, 3.05) is 19.6 Å². The zero-order valence-electron chi connectivity index (χ0n) is 12.8. The van der Waals surface area contributed by atoms with Gasteiger partial charge in [0, 0.05) is 19.0 Å². The summed E-state index contributed by atoms with van der Waals surface area (Å²) < 4.78 is 5.01. The van der Waals surface area contributed by atoms with E-state index in [1.807, 2.05) is 30.3 Å². The second kappa shape index (κ2) is 7.46. The van der Waals surface area contributed by atoms with Gasteiger partial charge in [0.25, 0.3) is 5.91 Å². The van der Waals surface area contributed by atoms with Crippen molar-refractivity contribution < 1.29 is 14.1 Å². The Labute approximate surface area is 145 Å². The van der Waals surface area contributed by atoms with Crippen molar-refractivity contribution in [1.82, 2.24) is 4.90 Å². The van der Waals surface area contributed by atoms with Crippen molar-refractivity contribution >= 4 is 24.2 Å². The molecule has 1 aliphatic rings. The van der Waals surface area contributed by atoms with Crippen LogP contribution < -0.4 is 5.73 Å². The summed E-state index contributed by atoms with van der Waals surface area (Å²) in [5.74, 6) is -0.458. The van der Waals surface area contributed by atoms with Crippen LogP contribution in [0.2, 0.25) is 0 Å². The van der Waals surface area contributed by atoms with E-state index in [1.165, 1.54) is 12.1 Å². The highest BCUT2D eigenvalue weighted by molar-refractivity contribution is 5.92. The summed E-state index contributed by atoms with van der Waals surface area (Å²) in [5.41, 5.74) is 7.00. The predicted octanol–water partition coefficient (Wildman–Crippen LogP) is 2.42. The van der Waals surface area contributed by atoms with Crippen molar-refractivity contribution in [2.45, 2.75) is 5.92 Å². The van der Waals surface area contributed by atoms with Crippen LogP contribution in [-0.4, -0.2) is 35.4 Å². The highest BCUT2D eigenvalue weighted by Crippen LogP contribution is 2.33. The van der Waals surface area contributed by atoms with Crippen molar-refractivity contribution in [3.05, 3.63) is 63.9 Å². The van der Waals surface area contributed by atoms with Gasteiger partial charge in [-0.25, -0.2) is 0 Å². The van der Waals surface area contributed by atoms with Gasteiger partial charge in [-0.3, -0.25) is 14.9 Å². The molecule has 8 heteroatoms. The molecule has 1 fully saturated rings. The average Bonchev–Trinajstić information content (AvgIpc) is 3.22. The minimum absolute atomic E-state index is 0. The van der Waals surface area contributed by atoms with Gasteiger partial charge in [-0.15, -0.1) is 12.4 Å². The summed E-state index contributed by atoms with van der Waals surface area (Å²) in [4.78, 5) is 24.1. The maximum atomic E-state index is 12.5. The Balaban J connectivity index is 0.00000208. The molecule has 1 saturated heterocycles. The van der Waals surface area contributed by atoms with Gasteiger partial charge in [-0.05, 0) is 24.1 Å². The Morgan fingerprint density at radius 1 is 1.25 bits per heavy atom. The Morgan fingerprint density at radius 3 is 2.54 bits per heavy atom. The SMILES string of the molecule is Cl.NC[C@@H]1CN(C(=O)c2ccc([N+](=O)[O-])o2)C[C@H]1c1ccccc1. The lowest BCUT2D eigenvalue weighted by Crippen LogP contribution is -2.29. The molecule has 128 valence electrons. The first-order valence-electron chi connectivity index (χ1n) is 7.38. The van der Waals surface area contributed by atoms with E-state index in [2.05, 4.69) is 0 Å². The quantitative estimate of drug-likeness (QED) is 0.673. The summed E-state index contributed by atoms with van der Waals surface area (Å²) in [6, 6.07) is 12.5. The molecule has 1 amide bonds. The molecule has 0 saturated carbocycles. The molecule has 24 heavy (non-hydrogen) atoms. The van der Waals surface area contributed by atoms with Gasteiger partial charge in [0.05, 0.1) is 6.07 Å². The van der Waals surface area contributed by atoms with E-state index < -0.39 is 10.8 Å². The van der Waals surface area contributed by atoms with Gasteiger partial charge >= 0.3 is 5.88 Å². The van der Waals surface area contributed by atoms with Gasteiger partial charge < -0.3 is 15.1 Å². The van der Waals surface area contributed by atoms with E-state index in [4.69, 9.17) is 10.2 Å². The van der Waals surface area contributed by atoms with E-state index >= 15 is 0 Å². The van der Waals surface area contributed by atoms with Crippen LogP contribution in [0.15, 0.2) is 46.9 Å². The second-order valence-corrected chi connectivity index (χ2v) is 5.62. The first-order chi connectivity index (χ1) is 11.1. The molecule has 1 aliphatic heterocycles. The standard InChI is InChI=1S/C16H17N3O4.ClH/c17-8-12-9-18(10-13(12)11-4-2-1-3-5-11)16(20)14-6-7-15(23-14)19(21)22;/h1-7,12-13H,8-10,17H2;1H/t12-,13+;/m1./s1. The topological polar surface area (TPSA) is 103 Å². The minimum atomic E-state index is -0.657. The number of halogens is 1. The number of hydrogen-bond acceptors (Lipinski definition) is 5. The number of carbonyl (C=O) groups excluding carboxylic acids is 1. The number of benzene rings is 1. The highest BCUT2D eigenvalue weighted by atomic mass is 35.5. The molecule has 1 aromatic heterocycles. The Kier molecular flexibility index (Phi) is 5.58. The van der Waals surface area contributed by atoms with Crippen LogP contribution in [-0.2, 0) is 0 Å². The summed E-state index contributed by atoms with van der Waals surface area (Å²) in [6.07, 6.45) is 0. The third kappa shape index (κ3) is 3.42. The number of rotatable bonds is 4. The number of nitro groups is 1. The number of hydrogen-bond donors (Lipinski definition) is 1. The largest absolute Gasteiger partial charge is 0.433 e. The van der Waals surface area contributed by atoms with Gasteiger partial charge in [-0.1, -0.05) is 30.3 Å². The number of nitrogens with two attached hydrogens (primary N) is 1. The second-order valence-electron chi connectivity index (χ2n) is 5.62. The van der Waals surface area contributed by atoms with Crippen LogP contribution in [0, 0.1) is 16.0 Å². The predicted molar refractivity (Wildman–Crippen MR) is 90.2 cm³/mol. The fourth-order valence-corrected chi connectivity index (χ4v) is 3.05. The summed E-state index contributed by atoms with van der Waals surface area (Å²) in [5, 5.41) is 10.7. The molecule has 2 aromatic rings. The molecule has 0 bridgehead atoms. The van der Waals surface area contributed by atoms with Crippen LogP contribution in [0.4, 0.5) is 5.88 Å². The Hall–Kier alpha value is -2.38. The van der Waals surface area contributed by atoms with Crippen LogP contribution >= 0.6 is 12.4 Å². The zero-order valence-corrected chi connectivity index (χ0v) is 13.6. The molecular formula is C16H18ClN3O4. The molecule has 0 unspecified atom stereocenters. The maximum Gasteiger partial charge on any atom is 0.433 e. The van der Waals surface area contributed by atoms with Crippen LogP contribution in [0.1, 0.15) is 22.0 Å². The number of nitrogens with zero attached hydrogens (tertiary/aromatic N) is 2. The fraction of sp³-hybridized carbons (Fsp3) is 0.312. The molecule has 2 heterocycles. The van der Waals surface area contributed by atoms with E-state index in [0.29, 0.717) is 19.6 Å². The van der Waals surface area contributed by atoms with E-state index in [-0.39, 0.29) is 35.9 Å². The Morgan fingerprint density at radius 2 is 1.96 bits per heavy atom. The summed E-state index contributed by atoms with van der Waals surface area (Å²) in [6.45, 7) is 1.52. The van der Waals surface area contributed by atoms with E-state index in [1.54, 1.807) is 4.90 Å². The highest BCUT2D eigenvalue weighted by Gasteiger charge is 2.36.